The Hall–Kier alpha value is -3.33. The van der Waals surface area contributed by atoms with Crippen molar-refractivity contribution in [2.75, 3.05) is 0 Å². The standard InChI is InChI=1S/C19H16N4O2/c1-12-16-17(15-8-5-9-24-15)14(10-20)18(21)25-19(16)23(22-12)11-13-6-3-2-4-7-13/h2-9,14,17,21H,11H2,1H3. The summed E-state index contributed by atoms with van der Waals surface area (Å²) in [7, 11) is 0. The number of ether oxygens (including phenoxy) is 1. The molecule has 0 radical (unpaired) electrons. The molecule has 1 aliphatic heterocycles. The van der Waals surface area contributed by atoms with Gasteiger partial charge in [-0.2, -0.15) is 10.4 Å². The quantitative estimate of drug-likeness (QED) is 0.795. The second-order valence-corrected chi connectivity index (χ2v) is 6.01. The molecule has 6 nitrogen and oxygen atoms in total. The van der Waals surface area contributed by atoms with Crippen molar-refractivity contribution in [2.24, 2.45) is 5.92 Å². The van der Waals surface area contributed by atoms with Crippen molar-refractivity contribution in [1.29, 1.82) is 10.7 Å². The Kier molecular flexibility index (Phi) is 3.62. The highest BCUT2D eigenvalue weighted by Gasteiger charge is 2.42. The Morgan fingerprint density at radius 3 is 2.72 bits per heavy atom. The zero-order valence-corrected chi connectivity index (χ0v) is 13.6. The average Bonchev–Trinajstić information content (AvgIpc) is 3.24. The first kappa shape index (κ1) is 15.2. The SMILES string of the molecule is Cc1nn(Cc2ccccc2)c2c1C(c1ccco1)C(C#N)C(=N)O2. The van der Waals surface area contributed by atoms with E-state index in [4.69, 9.17) is 14.6 Å². The predicted octanol–water partition coefficient (Wildman–Crippen LogP) is 3.47. The molecule has 1 aliphatic rings. The summed E-state index contributed by atoms with van der Waals surface area (Å²) >= 11 is 0. The molecule has 2 aromatic heterocycles. The van der Waals surface area contributed by atoms with Crippen molar-refractivity contribution in [3.63, 3.8) is 0 Å². The Morgan fingerprint density at radius 1 is 1.24 bits per heavy atom. The summed E-state index contributed by atoms with van der Waals surface area (Å²) in [6.45, 7) is 2.43. The van der Waals surface area contributed by atoms with Gasteiger partial charge in [0.1, 0.15) is 11.7 Å². The lowest BCUT2D eigenvalue weighted by molar-refractivity contribution is 0.381. The molecule has 0 spiro atoms. The first-order valence-electron chi connectivity index (χ1n) is 7.99. The molecule has 2 unspecified atom stereocenters. The van der Waals surface area contributed by atoms with Gasteiger partial charge < -0.3 is 9.15 Å². The van der Waals surface area contributed by atoms with Crippen LogP contribution in [0.1, 0.15) is 28.5 Å². The van der Waals surface area contributed by atoms with Gasteiger partial charge in [-0.1, -0.05) is 30.3 Å². The van der Waals surface area contributed by atoms with Gasteiger partial charge in [-0.3, -0.25) is 5.41 Å². The zero-order valence-electron chi connectivity index (χ0n) is 13.6. The van der Waals surface area contributed by atoms with Crippen LogP contribution in [0, 0.1) is 29.6 Å². The first-order chi connectivity index (χ1) is 12.2. The summed E-state index contributed by atoms with van der Waals surface area (Å²) < 4.78 is 13.0. The number of furan rings is 1. The maximum Gasteiger partial charge on any atom is 0.224 e. The number of hydrogen-bond donors (Lipinski definition) is 1. The molecule has 0 bridgehead atoms. The minimum atomic E-state index is -0.730. The van der Waals surface area contributed by atoms with Gasteiger partial charge in [0, 0.05) is 5.56 Å². The van der Waals surface area contributed by atoms with E-state index in [-0.39, 0.29) is 11.8 Å². The fourth-order valence-electron chi connectivity index (χ4n) is 3.30. The molecule has 0 amide bonds. The van der Waals surface area contributed by atoms with Crippen LogP contribution in [-0.4, -0.2) is 15.7 Å². The van der Waals surface area contributed by atoms with Crippen LogP contribution in [0.15, 0.2) is 53.1 Å². The van der Waals surface area contributed by atoms with Crippen LogP contribution >= 0.6 is 0 Å². The van der Waals surface area contributed by atoms with Crippen LogP contribution < -0.4 is 4.74 Å². The molecule has 3 aromatic rings. The van der Waals surface area contributed by atoms with Crippen molar-refractivity contribution in [1.82, 2.24) is 9.78 Å². The molecule has 1 aromatic carbocycles. The number of hydrogen-bond acceptors (Lipinski definition) is 5. The lowest BCUT2D eigenvalue weighted by atomic mass is 9.83. The zero-order chi connectivity index (χ0) is 17.4. The van der Waals surface area contributed by atoms with E-state index in [1.807, 2.05) is 43.3 Å². The highest BCUT2D eigenvalue weighted by molar-refractivity contribution is 5.84. The molecule has 124 valence electrons. The van der Waals surface area contributed by atoms with Crippen LogP contribution in [-0.2, 0) is 6.54 Å². The number of benzene rings is 1. The molecule has 3 heterocycles. The van der Waals surface area contributed by atoms with Gasteiger partial charge in [0.25, 0.3) is 0 Å². The smallest absolute Gasteiger partial charge is 0.224 e. The van der Waals surface area contributed by atoms with Gasteiger partial charge in [-0.15, -0.1) is 0 Å². The maximum absolute atomic E-state index is 9.55. The molecule has 0 fully saturated rings. The van der Waals surface area contributed by atoms with Crippen molar-refractivity contribution in [2.45, 2.75) is 19.4 Å². The number of fused-ring (bicyclic) bond motifs is 1. The van der Waals surface area contributed by atoms with Crippen molar-refractivity contribution >= 4 is 5.90 Å². The average molecular weight is 332 g/mol. The van der Waals surface area contributed by atoms with Crippen LogP contribution in [0.2, 0.25) is 0 Å². The second-order valence-electron chi connectivity index (χ2n) is 6.01. The van der Waals surface area contributed by atoms with Gasteiger partial charge in [0.2, 0.25) is 11.8 Å². The monoisotopic (exact) mass is 332 g/mol. The fraction of sp³-hybridized carbons (Fsp3) is 0.211. The lowest BCUT2D eigenvalue weighted by Crippen LogP contribution is -2.31. The topological polar surface area (TPSA) is 87.8 Å². The van der Waals surface area contributed by atoms with E-state index < -0.39 is 5.92 Å². The fourth-order valence-corrected chi connectivity index (χ4v) is 3.30. The number of rotatable bonds is 3. The van der Waals surface area contributed by atoms with Gasteiger partial charge >= 0.3 is 0 Å². The number of nitrogens with zero attached hydrogens (tertiary/aromatic N) is 3. The minimum Gasteiger partial charge on any atom is -0.469 e. The highest BCUT2D eigenvalue weighted by atomic mass is 16.5. The summed E-state index contributed by atoms with van der Waals surface area (Å²) in [5, 5.41) is 22.3. The van der Waals surface area contributed by atoms with E-state index in [1.54, 1.807) is 17.0 Å². The highest BCUT2D eigenvalue weighted by Crippen LogP contribution is 2.44. The van der Waals surface area contributed by atoms with Crippen LogP contribution in [0.25, 0.3) is 0 Å². The van der Waals surface area contributed by atoms with Gasteiger partial charge in [-0.05, 0) is 24.6 Å². The number of nitrogens with one attached hydrogen (secondary N) is 1. The van der Waals surface area contributed by atoms with Crippen molar-refractivity contribution in [3.05, 3.63) is 71.3 Å². The minimum absolute atomic E-state index is 0.0781. The Morgan fingerprint density at radius 2 is 2.04 bits per heavy atom. The Labute approximate surface area is 144 Å². The van der Waals surface area contributed by atoms with Crippen molar-refractivity contribution < 1.29 is 9.15 Å². The van der Waals surface area contributed by atoms with E-state index in [0.717, 1.165) is 16.8 Å². The lowest BCUT2D eigenvalue weighted by Gasteiger charge is -2.27. The number of aryl methyl sites for hydroxylation is 1. The van der Waals surface area contributed by atoms with E-state index in [9.17, 15) is 5.26 Å². The summed E-state index contributed by atoms with van der Waals surface area (Å²) in [4.78, 5) is 0. The number of aromatic nitrogens is 2. The van der Waals surface area contributed by atoms with E-state index in [0.29, 0.717) is 18.2 Å². The largest absolute Gasteiger partial charge is 0.469 e. The number of nitriles is 1. The summed E-state index contributed by atoms with van der Waals surface area (Å²) in [6.07, 6.45) is 1.58. The molecule has 25 heavy (non-hydrogen) atoms. The van der Waals surface area contributed by atoms with Gasteiger partial charge in [0.15, 0.2) is 0 Å². The molecule has 0 aliphatic carbocycles. The molecule has 0 saturated heterocycles. The molecule has 2 atom stereocenters. The molecular weight excluding hydrogens is 316 g/mol. The predicted molar refractivity (Wildman–Crippen MR) is 90.5 cm³/mol. The van der Waals surface area contributed by atoms with E-state index >= 15 is 0 Å². The summed E-state index contributed by atoms with van der Waals surface area (Å²) in [5.41, 5.74) is 2.67. The van der Waals surface area contributed by atoms with E-state index in [2.05, 4.69) is 11.2 Å². The first-order valence-corrected chi connectivity index (χ1v) is 7.99. The maximum atomic E-state index is 9.55. The summed E-state index contributed by atoms with van der Waals surface area (Å²) in [6, 6.07) is 15.7. The van der Waals surface area contributed by atoms with Crippen molar-refractivity contribution in [3.8, 4) is 11.9 Å². The third-order valence-corrected chi connectivity index (χ3v) is 4.42. The Bertz CT molecular complexity index is 951. The normalized spacial score (nSPS) is 19.1. The van der Waals surface area contributed by atoms with Crippen LogP contribution in [0.5, 0.6) is 5.88 Å². The third-order valence-electron chi connectivity index (χ3n) is 4.42. The van der Waals surface area contributed by atoms with E-state index in [1.165, 1.54) is 0 Å². The third kappa shape index (κ3) is 2.50. The molecule has 4 rings (SSSR count). The van der Waals surface area contributed by atoms with Crippen LogP contribution in [0.4, 0.5) is 0 Å². The van der Waals surface area contributed by atoms with Gasteiger partial charge in [0.05, 0.1) is 30.5 Å². The molecular formula is C19H16N4O2. The Balaban J connectivity index is 1.83. The molecule has 0 saturated carbocycles. The second kappa shape index (κ2) is 5.95. The molecule has 1 N–H and O–H groups in total. The van der Waals surface area contributed by atoms with Gasteiger partial charge in [-0.25, -0.2) is 4.68 Å². The molecule has 6 heteroatoms. The van der Waals surface area contributed by atoms with Crippen LogP contribution in [0.3, 0.4) is 0 Å². The summed E-state index contributed by atoms with van der Waals surface area (Å²) in [5.74, 6) is -0.0411.